The number of anilines is 1. The van der Waals surface area contributed by atoms with Crippen LogP contribution in [0.3, 0.4) is 0 Å². The second-order valence-corrected chi connectivity index (χ2v) is 5.23. The number of aryl methyl sites for hydroxylation is 1. The molecular formula is C12H12BrN5O3. The predicted octanol–water partition coefficient (Wildman–Crippen LogP) is 1.60. The Bertz CT molecular complexity index is 713. The number of hydrogen-bond donors (Lipinski definition) is 2. The lowest BCUT2D eigenvalue weighted by molar-refractivity contribution is -0.385. The number of amides is 1. The lowest BCUT2D eigenvalue weighted by Crippen LogP contribution is -2.23. The largest absolute Gasteiger partial charge is 0.384 e. The summed E-state index contributed by atoms with van der Waals surface area (Å²) in [7, 11) is 1.69. The maximum Gasteiger partial charge on any atom is 0.271 e. The normalized spacial score (nSPS) is 10.4. The molecule has 2 aromatic rings. The molecule has 0 radical (unpaired) electrons. The fourth-order valence-corrected chi connectivity index (χ4v) is 2.20. The van der Waals surface area contributed by atoms with Gasteiger partial charge in [-0.15, -0.1) is 0 Å². The number of aromatic nitrogens is 2. The van der Waals surface area contributed by atoms with Crippen LogP contribution in [0.2, 0.25) is 0 Å². The zero-order chi connectivity index (χ0) is 15.6. The van der Waals surface area contributed by atoms with Crippen molar-refractivity contribution in [1.29, 1.82) is 0 Å². The highest BCUT2D eigenvalue weighted by molar-refractivity contribution is 9.10. The second kappa shape index (κ2) is 5.92. The van der Waals surface area contributed by atoms with Crippen LogP contribution in [0.15, 0.2) is 28.9 Å². The van der Waals surface area contributed by atoms with Gasteiger partial charge in [-0.1, -0.05) is 15.9 Å². The van der Waals surface area contributed by atoms with Crippen LogP contribution in [0.5, 0.6) is 0 Å². The van der Waals surface area contributed by atoms with Crippen molar-refractivity contribution in [2.24, 2.45) is 7.05 Å². The van der Waals surface area contributed by atoms with Crippen molar-refractivity contribution in [3.05, 3.63) is 50.1 Å². The van der Waals surface area contributed by atoms with Gasteiger partial charge >= 0.3 is 0 Å². The molecule has 0 saturated carbocycles. The van der Waals surface area contributed by atoms with Crippen LogP contribution in [-0.2, 0) is 13.6 Å². The molecule has 1 aromatic heterocycles. The number of nitrogens with two attached hydrogens (primary N) is 1. The van der Waals surface area contributed by atoms with Gasteiger partial charge in [-0.25, -0.2) is 0 Å². The molecule has 0 spiro atoms. The molecule has 0 aliphatic rings. The van der Waals surface area contributed by atoms with Crippen LogP contribution in [-0.4, -0.2) is 20.6 Å². The number of carbonyl (C=O) groups excluding carboxylic acids is 1. The molecule has 0 fully saturated rings. The van der Waals surface area contributed by atoms with Crippen LogP contribution < -0.4 is 11.1 Å². The summed E-state index contributed by atoms with van der Waals surface area (Å²) in [5, 5.41) is 17.4. The molecule has 0 bridgehead atoms. The van der Waals surface area contributed by atoms with Crippen molar-refractivity contribution in [3.63, 3.8) is 0 Å². The highest BCUT2D eigenvalue weighted by Gasteiger charge is 2.14. The molecule has 0 unspecified atom stereocenters. The van der Waals surface area contributed by atoms with Gasteiger partial charge in [0, 0.05) is 41.3 Å². The number of nitrogen functional groups attached to an aromatic ring is 1. The Morgan fingerprint density at radius 2 is 2.24 bits per heavy atom. The Morgan fingerprint density at radius 1 is 1.52 bits per heavy atom. The number of non-ortho nitro benzene ring substituents is 1. The number of halogens is 1. The highest BCUT2D eigenvalue weighted by atomic mass is 79.9. The molecule has 1 heterocycles. The first kappa shape index (κ1) is 15.0. The lowest BCUT2D eigenvalue weighted by Gasteiger charge is -2.05. The highest BCUT2D eigenvalue weighted by Crippen LogP contribution is 2.21. The molecule has 8 nitrogen and oxygen atoms in total. The molecule has 0 aliphatic carbocycles. The molecule has 2 rings (SSSR count). The Morgan fingerprint density at radius 3 is 2.81 bits per heavy atom. The van der Waals surface area contributed by atoms with Gasteiger partial charge < -0.3 is 11.1 Å². The maximum absolute atomic E-state index is 12.0. The molecule has 1 amide bonds. The minimum Gasteiger partial charge on any atom is -0.384 e. The minimum atomic E-state index is -0.555. The third-order valence-corrected chi connectivity index (χ3v) is 3.32. The number of carbonyl (C=O) groups is 1. The number of nitrogens with one attached hydrogen (secondary N) is 1. The van der Waals surface area contributed by atoms with Gasteiger partial charge in [0.25, 0.3) is 11.6 Å². The Kier molecular flexibility index (Phi) is 4.22. The Labute approximate surface area is 128 Å². The zero-order valence-corrected chi connectivity index (χ0v) is 12.6. The smallest absolute Gasteiger partial charge is 0.271 e. The van der Waals surface area contributed by atoms with Crippen LogP contribution in [0, 0.1) is 10.1 Å². The molecule has 9 heteroatoms. The van der Waals surface area contributed by atoms with Gasteiger partial charge in [0.1, 0.15) is 5.82 Å². The van der Waals surface area contributed by atoms with Gasteiger partial charge in [-0.3, -0.25) is 19.6 Å². The Balaban J connectivity index is 2.13. The number of nitro benzene ring substituents is 1. The van der Waals surface area contributed by atoms with E-state index in [1.54, 1.807) is 13.2 Å². The van der Waals surface area contributed by atoms with Crippen LogP contribution in [0.1, 0.15) is 15.9 Å². The molecule has 0 aliphatic heterocycles. The number of hydrogen-bond acceptors (Lipinski definition) is 5. The van der Waals surface area contributed by atoms with E-state index < -0.39 is 10.8 Å². The van der Waals surface area contributed by atoms with Crippen molar-refractivity contribution in [1.82, 2.24) is 15.1 Å². The third-order valence-electron chi connectivity index (χ3n) is 2.86. The summed E-state index contributed by atoms with van der Waals surface area (Å²) in [6, 6.07) is 4.05. The summed E-state index contributed by atoms with van der Waals surface area (Å²) >= 11 is 3.14. The van der Waals surface area contributed by atoms with Gasteiger partial charge in [0.05, 0.1) is 11.1 Å². The van der Waals surface area contributed by atoms with Crippen LogP contribution in [0.4, 0.5) is 11.5 Å². The predicted molar refractivity (Wildman–Crippen MR) is 79.6 cm³/mol. The topological polar surface area (TPSA) is 116 Å². The molecule has 3 N–H and O–H groups in total. The van der Waals surface area contributed by atoms with Crippen molar-refractivity contribution in [2.75, 3.05) is 5.73 Å². The third kappa shape index (κ3) is 3.37. The Hall–Kier alpha value is -2.42. The van der Waals surface area contributed by atoms with E-state index in [2.05, 4.69) is 26.3 Å². The van der Waals surface area contributed by atoms with Gasteiger partial charge in [-0.2, -0.15) is 5.10 Å². The van der Waals surface area contributed by atoms with Crippen molar-refractivity contribution >= 4 is 33.3 Å². The van der Waals surface area contributed by atoms with E-state index >= 15 is 0 Å². The van der Waals surface area contributed by atoms with E-state index in [0.29, 0.717) is 15.9 Å². The van der Waals surface area contributed by atoms with Crippen molar-refractivity contribution in [2.45, 2.75) is 6.54 Å². The fraction of sp³-hybridized carbons (Fsp3) is 0.167. The van der Waals surface area contributed by atoms with Crippen molar-refractivity contribution in [3.8, 4) is 0 Å². The monoisotopic (exact) mass is 353 g/mol. The first-order valence-electron chi connectivity index (χ1n) is 5.88. The standard InChI is InChI=1S/C12H12BrN5O3/c1-17-11(14)8(6-16-17)5-15-12(19)7-2-9(13)4-10(3-7)18(20)21/h2-4,6H,5,14H2,1H3,(H,15,19). The van der Waals surface area contributed by atoms with E-state index in [1.807, 2.05) is 0 Å². The van der Waals surface area contributed by atoms with E-state index in [9.17, 15) is 14.9 Å². The van der Waals surface area contributed by atoms with Gasteiger partial charge in [-0.05, 0) is 6.07 Å². The first-order valence-corrected chi connectivity index (χ1v) is 6.67. The molecule has 21 heavy (non-hydrogen) atoms. The summed E-state index contributed by atoms with van der Waals surface area (Å²) < 4.78 is 1.95. The summed E-state index contributed by atoms with van der Waals surface area (Å²) in [4.78, 5) is 22.3. The molecular weight excluding hydrogens is 342 g/mol. The van der Waals surface area contributed by atoms with E-state index in [1.165, 1.54) is 22.9 Å². The number of nitrogens with zero attached hydrogens (tertiary/aromatic N) is 3. The number of benzene rings is 1. The molecule has 0 atom stereocenters. The minimum absolute atomic E-state index is 0.157. The number of rotatable bonds is 4. The van der Waals surface area contributed by atoms with E-state index in [0.717, 1.165) is 0 Å². The average Bonchev–Trinajstić information content (AvgIpc) is 2.75. The van der Waals surface area contributed by atoms with E-state index in [-0.39, 0.29) is 17.8 Å². The maximum atomic E-state index is 12.0. The zero-order valence-electron chi connectivity index (χ0n) is 11.0. The van der Waals surface area contributed by atoms with Gasteiger partial charge in [0.2, 0.25) is 0 Å². The molecule has 110 valence electrons. The summed E-state index contributed by atoms with van der Waals surface area (Å²) in [6.45, 7) is 0.193. The van der Waals surface area contributed by atoms with Crippen LogP contribution in [0.25, 0.3) is 0 Å². The summed E-state index contributed by atoms with van der Waals surface area (Å²) in [6.07, 6.45) is 1.55. The number of nitro groups is 1. The summed E-state index contributed by atoms with van der Waals surface area (Å²) in [5.74, 6) is 0.0261. The van der Waals surface area contributed by atoms with Gasteiger partial charge in [0.15, 0.2) is 0 Å². The average molecular weight is 354 g/mol. The van der Waals surface area contributed by atoms with Crippen molar-refractivity contribution < 1.29 is 9.72 Å². The lowest BCUT2D eigenvalue weighted by atomic mass is 10.2. The summed E-state index contributed by atoms with van der Waals surface area (Å²) in [5.41, 5.74) is 6.48. The molecule has 0 saturated heterocycles. The fourth-order valence-electron chi connectivity index (χ4n) is 1.72. The second-order valence-electron chi connectivity index (χ2n) is 4.32. The molecule has 1 aromatic carbocycles. The van der Waals surface area contributed by atoms with Crippen LogP contribution >= 0.6 is 15.9 Å². The quantitative estimate of drug-likeness (QED) is 0.639. The first-order chi connectivity index (χ1) is 9.88. The van der Waals surface area contributed by atoms with E-state index in [4.69, 9.17) is 5.73 Å². The SMILES string of the molecule is Cn1ncc(CNC(=O)c2cc(Br)cc([N+](=O)[O-])c2)c1N.